The lowest BCUT2D eigenvalue weighted by Crippen LogP contribution is -2.39. The number of piperidine rings is 1. The maximum absolute atomic E-state index is 14.9. The first kappa shape index (κ1) is 22.3. The maximum atomic E-state index is 14.9. The van der Waals surface area contributed by atoms with Crippen molar-refractivity contribution < 1.29 is 9.18 Å². The molecule has 5 rings (SSSR count). The molecule has 2 aromatic carbocycles. The lowest BCUT2D eigenvalue weighted by molar-refractivity contribution is -0.132. The van der Waals surface area contributed by atoms with Crippen molar-refractivity contribution in [1.29, 1.82) is 0 Å². The Bertz CT molecular complexity index is 1280. The number of aryl methyl sites for hydroxylation is 1. The van der Waals surface area contributed by atoms with Crippen LogP contribution in [-0.2, 0) is 11.2 Å². The van der Waals surface area contributed by atoms with Crippen molar-refractivity contribution >= 4 is 11.6 Å². The van der Waals surface area contributed by atoms with Crippen LogP contribution in [0.2, 0.25) is 0 Å². The highest BCUT2D eigenvalue weighted by Gasteiger charge is 2.29. The van der Waals surface area contributed by atoms with Crippen LogP contribution in [0.3, 0.4) is 0 Å². The van der Waals surface area contributed by atoms with Crippen LogP contribution < -0.4 is 0 Å². The average molecular weight is 456 g/mol. The fourth-order valence-corrected chi connectivity index (χ4v) is 5.13. The number of pyridine rings is 1. The molecule has 1 aliphatic rings. The van der Waals surface area contributed by atoms with Crippen molar-refractivity contribution in [3.8, 4) is 0 Å². The van der Waals surface area contributed by atoms with Gasteiger partial charge in [-0.3, -0.25) is 4.79 Å². The second-order valence-electron chi connectivity index (χ2n) is 9.41. The Kier molecular flexibility index (Phi) is 6.43. The van der Waals surface area contributed by atoms with Gasteiger partial charge in [0.2, 0.25) is 5.91 Å². The third kappa shape index (κ3) is 4.74. The van der Waals surface area contributed by atoms with Crippen LogP contribution in [0.5, 0.6) is 0 Å². The van der Waals surface area contributed by atoms with Crippen molar-refractivity contribution in [3.05, 3.63) is 107 Å². The van der Waals surface area contributed by atoms with Gasteiger partial charge in [0.05, 0.1) is 5.69 Å². The summed E-state index contributed by atoms with van der Waals surface area (Å²) in [5, 5.41) is 0. The molecule has 1 saturated heterocycles. The molecule has 1 aliphatic heterocycles. The highest BCUT2D eigenvalue weighted by atomic mass is 19.1. The first-order valence-electron chi connectivity index (χ1n) is 12.1. The van der Waals surface area contributed by atoms with Gasteiger partial charge in [0.15, 0.2) is 0 Å². The van der Waals surface area contributed by atoms with E-state index in [0.717, 1.165) is 49.3 Å². The Balaban J connectivity index is 1.34. The molecule has 1 fully saturated rings. The average Bonchev–Trinajstić information content (AvgIpc) is 3.27. The number of carbonyl (C=O) groups is 1. The van der Waals surface area contributed by atoms with Crippen LogP contribution >= 0.6 is 0 Å². The van der Waals surface area contributed by atoms with Crippen LogP contribution in [0, 0.1) is 18.7 Å². The summed E-state index contributed by atoms with van der Waals surface area (Å²) in [7, 11) is 0. The molecule has 1 amide bonds. The fourth-order valence-electron chi connectivity index (χ4n) is 5.13. The molecular weight excluding hydrogens is 425 g/mol. The van der Waals surface area contributed by atoms with Gasteiger partial charge in [-0.15, -0.1) is 0 Å². The fraction of sp³-hybridized carbons (Fsp3) is 0.310. The minimum Gasteiger partial charge on any atom is -0.343 e. The molecule has 174 valence electrons. The number of amides is 1. The van der Waals surface area contributed by atoms with Crippen LogP contribution in [0.25, 0.3) is 5.65 Å². The molecule has 2 aromatic heterocycles. The summed E-state index contributed by atoms with van der Waals surface area (Å²) in [4.78, 5) is 19.9. The second kappa shape index (κ2) is 9.80. The zero-order valence-corrected chi connectivity index (χ0v) is 19.5. The standard InChI is InChI=1S/C29H30FN3O/c1-21-11-16-33-27(20-31-28(33)17-21)25(24-9-5-6-10-26(24)30)19-29(34)32-14-12-23(13-15-32)18-22-7-3-2-4-8-22/h2-11,16-17,20,23,25H,12-15,18-19H2,1H3. The van der Waals surface area contributed by atoms with Crippen molar-refractivity contribution in [1.82, 2.24) is 14.3 Å². The Morgan fingerprint density at radius 3 is 2.56 bits per heavy atom. The number of hydrogen-bond donors (Lipinski definition) is 0. The highest BCUT2D eigenvalue weighted by molar-refractivity contribution is 5.78. The summed E-state index contributed by atoms with van der Waals surface area (Å²) in [5.74, 6) is -0.0123. The van der Waals surface area contributed by atoms with E-state index in [1.807, 2.05) is 46.7 Å². The van der Waals surface area contributed by atoms with Gasteiger partial charge >= 0.3 is 0 Å². The van der Waals surface area contributed by atoms with E-state index in [1.54, 1.807) is 18.3 Å². The molecule has 0 N–H and O–H groups in total. The predicted molar refractivity (Wildman–Crippen MR) is 132 cm³/mol. The Labute approximate surface area is 200 Å². The molecule has 0 saturated carbocycles. The molecular formula is C29H30FN3O. The molecule has 4 aromatic rings. The third-order valence-electron chi connectivity index (χ3n) is 7.05. The number of aromatic nitrogens is 2. The third-order valence-corrected chi connectivity index (χ3v) is 7.05. The van der Waals surface area contributed by atoms with Crippen LogP contribution in [0.1, 0.15) is 47.6 Å². The number of nitrogens with zero attached hydrogens (tertiary/aromatic N) is 3. The van der Waals surface area contributed by atoms with Gasteiger partial charge in [-0.25, -0.2) is 9.37 Å². The van der Waals surface area contributed by atoms with Gasteiger partial charge in [0, 0.05) is 37.8 Å². The Hall–Kier alpha value is -3.47. The first-order chi connectivity index (χ1) is 16.6. The predicted octanol–water partition coefficient (Wildman–Crippen LogP) is 5.79. The quantitative estimate of drug-likeness (QED) is 0.369. The van der Waals surface area contributed by atoms with Gasteiger partial charge in [-0.05, 0) is 67.0 Å². The van der Waals surface area contributed by atoms with Crippen LogP contribution in [0.4, 0.5) is 4.39 Å². The number of hydrogen-bond acceptors (Lipinski definition) is 2. The molecule has 4 nitrogen and oxygen atoms in total. The summed E-state index contributed by atoms with van der Waals surface area (Å²) in [6.07, 6.45) is 7.03. The number of halogens is 1. The molecule has 5 heteroatoms. The van der Waals surface area contributed by atoms with Crippen LogP contribution in [-0.4, -0.2) is 33.3 Å². The van der Waals surface area contributed by atoms with E-state index in [4.69, 9.17) is 0 Å². The number of likely N-dealkylation sites (tertiary alicyclic amines) is 1. The van der Waals surface area contributed by atoms with Gasteiger partial charge in [0.1, 0.15) is 11.5 Å². The highest BCUT2D eigenvalue weighted by Crippen LogP contribution is 2.32. The van der Waals surface area contributed by atoms with Crippen molar-refractivity contribution in [2.75, 3.05) is 13.1 Å². The van der Waals surface area contributed by atoms with Gasteiger partial charge < -0.3 is 9.30 Å². The second-order valence-corrected chi connectivity index (χ2v) is 9.41. The van der Waals surface area contributed by atoms with E-state index in [-0.39, 0.29) is 18.1 Å². The van der Waals surface area contributed by atoms with Crippen LogP contribution in [0.15, 0.2) is 79.1 Å². The number of fused-ring (bicyclic) bond motifs is 1. The molecule has 1 unspecified atom stereocenters. The number of benzene rings is 2. The Morgan fingerprint density at radius 2 is 1.79 bits per heavy atom. The topological polar surface area (TPSA) is 37.6 Å². The minimum atomic E-state index is -0.395. The molecule has 0 radical (unpaired) electrons. The van der Waals surface area contributed by atoms with Crippen molar-refractivity contribution in [3.63, 3.8) is 0 Å². The largest absolute Gasteiger partial charge is 0.343 e. The van der Waals surface area contributed by atoms with E-state index in [2.05, 4.69) is 29.2 Å². The number of rotatable bonds is 6. The van der Waals surface area contributed by atoms with Gasteiger partial charge in [-0.2, -0.15) is 0 Å². The smallest absolute Gasteiger partial charge is 0.223 e. The molecule has 3 heterocycles. The maximum Gasteiger partial charge on any atom is 0.223 e. The number of carbonyl (C=O) groups excluding carboxylic acids is 1. The van der Waals surface area contributed by atoms with E-state index in [1.165, 1.54) is 11.6 Å². The monoisotopic (exact) mass is 455 g/mol. The summed E-state index contributed by atoms with van der Waals surface area (Å²) in [6.45, 7) is 3.53. The normalized spacial score (nSPS) is 15.5. The molecule has 0 bridgehead atoms. The Morgan fingerprint density at radius 1 is 1.06 bits per heavy atom. The molecule has 0 spiro atoms. The zero-order chi connectivity index (χ0) is 23.5. The molecule has 1 atom stereocenters. The lowest BCUT2D eigenvalue weighted by atomic mass is 9.88. The summed E-state index contributed by atoms with van der Waals surface area (Å²) in [5.41, 5.74) is 4.66. The number of imidazole rings is 1. The van der Waals surface area contributed by atoms with Gasteiger partial charge in [0.25, 0.3) is 0 Å². The first-order valence-corrected chi connectivity index (χ1v) is 12.1. The van der Waals surface area contributed by atoms with Crippen molar-refractivity contribution in [2.45, 2.75) is 38.5 Å². The lowest BCUT2D eigenvalue weighted by Gasteiger charge is -2.33. The van der Waals surface area contributed by atoms with E-state index < -0.39 is 5.92 Å². The van der Waals surface area contributed by atoms with Crippen molar-refractivity contribution in [2.24, 2.45) is 5.92 Å². The SMILES string of the molecule is Cc1ccn2c(C(CC(=O)N3CCC(Cc4ccccc4)CC3)c3ccccc3F)cnc2c1. The van der Waals surface area contributed by atoms with E-state index in [9.17, 15) is 9.18 Å². The molecule has 0 aliphatic carbocycles. The summed E-state index contributed by atoms with van der Waals surface area (Å²) >= 11 is 0. The summed E-state index contributed by atoms with van der Waals surface area (Å²) in [6, 6.07) is 21.3. The molecule has 34 heavy (non-hydrogen) atoms. The zero-order valence-electron chi connectivity index (χ0n) is 19.5. The van der Waals surface area contributed by atoms with E-state index in [0.29, 0.717) is 11.5 Å². The van der Waals surface area contributed by atoms with E-state index >= 15 is 0 Å². The summed E-state index contributed by atoms with van der Waals surface area (Å²) < 4.78 is 16.9. The minimum absolute atomic E-state index is 0.0773. The van der Waals surface area contributed by atoms with Gasteiger partial charge in [-0.1, -0.05) is 48.5 Å².